The Morgan fingerprint density at radius 3 is 2.31 bits per heavy atom. The van der Waals surface area contributed by atoms with Crippen molar-refractivity contribution in [2.75, 3.05) is 19.6 Å². The highest BCUT2D eigenvalue weighted by Crippen LogP contribution is 2.67. The van der Waals surface area contributed by atoms with E-state index in [2.05, 4.69) is 30.6 Å². The first-order valence-corrected chi connectivity index (χ1v) is 11.0. The molecule has 4 nitrogen and oxygen atoms in total. The third kappa shape index (κ3) is 5.62. The topological polar surface area (TPSA) is 60.8 Å². The van der Waals surface area contributed by atoms with E-state index < -0.39 is 12.1 Å². The van der Waals surface area contributed by atoms with Crippen LogP contribution >= 0.6 is 0 Å². The number of piperidine rings is 1. The minimum absolute atomic E-state index is 0.403. The summed E-state index contributed by atoms with van der Waals surface area (Å²) in [6.07, 6.45) is 8.37. The average Bonchev–Trinajstić information content (AvgIpc) is 3.14. The van der Waals surface area contributed by atoms with Crippen LogP contribution in [0.3, 0.4) is 0 Å². The lowest BCUT2D eigenvalue weighted by Gasteiger charge is -2.19. The summed E-state index contributed by atoms with van der Waals surface area (Å²) in [7, 11) is 0. The highest BCUT2D eigenvalue weighted by atomic mass is 16.4. The number of hydrogen-bond donors (Lipinski definition) is 2. The molecule has 0 spiro atoms. The Balaban J connectivity index is 0.000000188. The van der Waals surface area contributed by atoms with Crippen molar-refractivity contribution in [1.82, 2.24) is 4.90 Å². The summed E-state index contributed by atoms with van der Waals surface area (Å²) in [5.41, 5.74) is 1.65. The maximum absolute atomic E-state index is 10.2. The standard InChI is InChI=1S/C17H27N.C8H8O3/c1-16-12-17(16,2)14-18(13-16)11-7-6-10-15-8-4-3-5-9-15;9-7(8(10)11)6-4-2-1-3-5-6/h15H,3-5,8-14H2,1-2H3;1-5,7,9H,(H,10,11)/t16-,17+;. The molecule has 1 heterocycles. The van der Waals surface area contributed by atoms with Crippen LogP contribution in [0, 0.1) is 28.6 Å². The van der Waals surface area contributed by atoms with Gasteiger partial charge in [0.05, 0.1) is 6.54 Å². The van der Waals surface area contributed by atoms with Gasteiger partial charge in [0, 0.05) is 19.5 Å². The number of aliphatic hydroxyl groups is 1. The third-order valence-corrected chi connectivity index (χ3v) is 7.15. The van der Waals surface area contributed by atoms with E-state index >= 15 is 0 Å². The maximum atomic E-state index is 10.2. The smallest absolute Gasteiger partial charge is 0.337 e. The van der Waals surface area contributed by atoms with Crippen molar-refractivity contribution in [3.63, 3.8) is 0 Å². The van der Waals surface area contributed by atoms with E-state index in [9.17, 15) is 4.79 Å². The number of aliphatic carboxylic acids is 1. The monoisotopic (exact) mass is 397 g/mol. The molecule has 1 aromatic rings. The average molecular weight is 398 g/mol. The predicted octanol–water partition coefficient (Wildman–Crippen LogP) is 4.50. The number of carboxylic acids is 1. The van der Waals surface area contributed by atoms with E-state index in [1.807, 2.05) is 0 Å². The molecule has 2 saturated carbocycles. The van der Waals surface area contributed by atoms with Crippen molar-refractivity contribution in [3.8, 4) is 11.8 Å². The fraction of sp³-hybridized carbons (Fsp3) is 0.640. The molecule has 3 fully saturated rings. The van der Waals surface area contributed by atoms with E-state index in [4.69, 9.17) is 10.2 Å². The van der Waals surface area contributed by atoms with Gasteiger partial charge in [-0.1, -0.05) is 69.4 Å². The lowest BCUT2D eigenvalue weighted by atomic mass is 9.87. The zero-order valence-electron chi connectivity index (χ0n) is 17.9. The van der Waals surface area contributed by atoms with Gasteiger partial charge in [-0.25, -0.2) is 4.79 Å². The van der Waals surface area contributed by atoms with Crippen LogP contribution in [0.15, 0.2) is 30.3 Å². The summed E-state index contributed by atoms with van der Waals surface area (Å²) in [6.45, 7) is 8.46. The molecule has 4 rings (SSSR count). The molecule has 0 bridgehead atoms. The molecule has 1 unspecified atom stereocenters. The largest absolute Gasteiger partial charge is 0.479 e. The number of fused-ring (bicyclic) bond motifs is 1. The van der Waals surface area contributed by atoms with Gasteiger partial charge in [0.1, 0.15) is 0 Å². The second-order valence-corrected chi connectivity index (χ2v) is 9.66. The first-order chi connectivity index (χ1) is 13.8. The maximum Gasteiger partial charge on any atom is 0.337 e. The highest BCUT2D eigenvalue weighted by Gasteiger charge is 2.65. The van der Waals surface area contributed by atoms with Gasteiger partial charge in [0.15, 0.2) is 6.10 Å². The summed E-state index contributed by atoms with van der Waals surface area (Å²) in [6, 6.07) is 8.26. The molecule has 2 N–H and O–H groups in total. The van der Waals surface area contributed by atoms with E-state index in [-0.39, 0.29) is 0 Å². The van der Waals surface area contributed by atoms with E-state index in [0.29, 0.717) is 16.4 Å². The van der Waals surface area contributed by atoms with Gasteiger partial charge in [-0.3, -0.25) is 4.90 Å². The van der Waals surface area contributed by atoms with Crippen molar-refractivity contribution in [2.45, 2.75) is 64.9 Å². The van der Waals surface area contributed by atoms with Crippen LogP contribution < -0.4 is 0 Å². The highest BCUT2D eigenvalue weighted by molar-refractivity contribution is 5.73. The molecule has 0 amide bonds. The van der Waals surface area contributed by atoms with Gasteiger partial charge in [-0.15, -0.1) is 5.92 Å². The Kier molecular flexibility index (Phi) is 7.03. The quantitative estimate of drug-likeness (QED) is 0.735. The first-order valence-electron chi connectivity index (χ1n) is 11.0. The molecule has 3 aliphatic rings. The second kappa shape index (κ2) is 9.32. The molecule has 1 aliphatic heterocycles. The van der Waals surface area contributed by atoms with Crippen molar-refractivity contribution in [2.24, 2.45) is 16.7 Å². The van der Waals surface area contributed by atoms with Crippen molar-refractivity contribution in [1.29, 1.82) is 0 Å². The number of carbonyl (C=O) groups is 1. The Labute approximate surface area is 175 Å². The minimum Gasteiger partial charge on any atom is -0.479 e. The molecule has 1 saturated heterocycles. The number of nitrogens with zero attached hydrogens (tertiary/aromatic N) is 1. The Morgan fingerprint density at radius 2 is 1.72 bits per heavy atom. The number of hydrogen-bond acceptors (Lipinski definition) is 3. The number of aliphatic hydroxyl groups excluding tert-OH is 1. The summed E-state index contributed by atoms with van der Waals surface area (Å²) in [4.78, 5) is 12.8. The van der Waals surface area contributed by atoms with Crippen LogP contribution in [0.2, 0.25) is 0 Å². The normalized spacial score (nSPS) is 29.6. The van der Waals surface area contributed by atoms with Crippen LogP contribution in [0.25, 0.3) is 0 Å². The van der Waals surface area contributed by atoms with E-state index in [0.717, 1.165) is 18.9 Å². The van der Waals surface area contributed by atoms with Gasteiger partial charge in [0.25, 0.3) is 0 Å². The fourth-order valence-corrected chi connectivity index (χ4v) is 5.02. The van der Waals surface area contributed by atoms with Crippen molar-refractivity contribution < 1.29 is 15.0 Å². The SMILES string of the molecule is C[C@@]12CN(CC#CCC3CCCCC3)C[C@]1(C)C2.O=C(O)C(O)c1ccccc1. The van der Waals surface area contributed by atoms with E-state index in [1.165, 1.54) is 51.6 Å². The molecule has 29 heavy (non-hydrogen) atoms. The van der Waals surface area contributed by atoms with Gasteiger partial charge in [-0.2, -0.15) is 0 Å². The van der Waals surface area contributed by atoms with Crippen LogP contribution in [0.4, 0.5) is 0 Å². The summed E-state index contributed by atoms with van der Waals surface area (Å²) >= 11 is 0. The predicted molar refractivity (Wildman–Crippen MR) is 115 cm³/mol. The molecule has 2 aliphatic carbocycles. The molecule has 3 atom stereocenters. The number of likely N-dealkylation sites (tertiary alicyclic amines) is 1. The molecular weight excluding hydrogens is 362 g/mol. The molecular formula is C25H35NO3. The lowest BCUT2D eigenvalue weighted by molar-refractivity contribution is -0.146. The lowest BCUT2D eigenvalue weighted by Crippen LogP contribution is -2.25. The van der Waals surface area contributed by atoms with Gasteiger partial charge in [0.2, 0.25) is 0 Å². The van der Waals surface area contributed by atoms with Crippen LogP contribution in [-0.4, -0.2) is 40.7 Å². The first kappa shape index (κ1) is 21.9. The second-order valence-electron chi connectivity index (χ2n) is 9.66. The molecule has 4 heteroatoms. The van der Waals surface area contributed by atoms with Crippen LogP contribution in [0.1, 0.15) is 70.5 Å². The Bertz CT molecular complexity index is 730. The fourth-order valence-electron chi connectivity index (χ4n) is 5.02. The van der Waals surface area contributed by atoms with E-state index in [1.54, 1.807) is 30.3 Å². The summed E-state index contributed by atoms with van der Waals surface area (Å²) in [5, 5.41) is 17.4. The van der Waals surface area contributed by atoms with Crippen molar-refractivity contribution in [3.05, 3.63) is 35.9 Å². The Morgan fingerprint density at radius 1 is 1.10 bits per heavy atom. The Hall–Kier alpha value is -1.83. The number of rotatable bonds is 4. The van der Waals surface area contributed by atoms with Gasteiger partial charge >= 0.3 is 5.97 Å². The zero-order chi connectivity index (χ0) is 20.9. The summed E-state index contributed by atoms with van der Waals surface area (Å²) in [5.74, 6) is 6.56. The minimum atomic E-state index is -1.41. The molecule has 0 aromatic heterocycles. The van der Waals surface area contributed by atoms with Crippen molar-refractivity contribution >= 4 is 5.97 Å². The number of benzene rings is 1. The summed E-state index contributed by atoms with van der Waals surface area (Å²) < 4.78 is 0. The van der Waals surface area contributed by atoms with Gasteiger partial charge < -0.3 is 10.2 Å². The zero-order valence-corrected chi connectivity index (χ0v) is 17.9. The van der Waals surface area contributed by atoms with Crippen LogP contribution in [-0.2, 0) is 4.79 Å². The third-order valence-electron chi connectivity index (χ3n) is 7.15. The molecule has 0 radical (unpaired) electrons. The van der Waals surface area contributed by atoms with Crippen LogP contribution in [0.5, 0.6) is 0 Å². The number of carboxylic acid groups (broad SMARTS) is 1. The van der Waals surface area contributed by atoms with Gasteiger partial charge in [-0.05, 0) is 41.6 Å². The molecule has 1 aromatic carbocycles. The molecule has 158 valence electrons.